The predicted octanol–water partition coefficient (Wildman–Crippen LogP) is 4.20. The Morgan fingerprint density at radius 3 is 2.81 bits per heavy atom. The van der Waals surface area contributed by atoms with Crippen molar-refractivity contribution in [3.05, 3.63) is 64.4 Å². The van der Waals surface area contributed by atoms with Crippen molar-refractivity contribution in [3.8, 4) is 17.2 Å². The molecule has 1 N–H and O–H groups in total. The van der Waals surface area contributed by atoms with Crippen LogP contribution < -0.4 is 14.8 Å². The van der Waals surface area contributed by atoms with Crippen LogP contribution >= 0.6 is 23.2 Å². The smallest absolute Gasteiger partial charge is 0.255 e. The van der Waals surface area contributed by atoms with Gasteiger partial charge in [-0.25, -0.2) is 4.68 Å². The van der Waals surface area contributed by atoms with Gasteiger partial charge in [0.1, 0.15) is 13.2 Å². The lowest BCUT2D eigenvalue weighted by atomic mass is 10.1. The van der Waals surface area contributed by atoms with E-state index in [4.69, 9.17) is 32.7 Å². The Morgan fingerprint density at radius 1 is 1.15 bits per heavy atom. The third kappa shape index (κ3) is 3.21. The molecule has 3 aromatic rings. The van der Waals surface area contributed by atoms with E-state index in [0.29, 0.717) is 51.7 Å². The summed E-state index contributed by atoms with van der Waals surface area (Å²) in [5, 5.41) is 7.87. The van der Waals surface area contributed by atoms with E-state index in [1.807, 2.05) is 0 Å². The predicted molar refractivity (Wildman–Crippen MR) is 99.0 cm³/mol. The van der Waals surface area contributed by atoms with E-state index in [-0.39, 0.29) is 5.91 Å². The molecule has 0 fully saturated rings. The van der Waals surface area contributed by atoms with Crippen LogP contribution in [0.3, 0.4) is 0 Å². The van der Waals surface area contributed by atoms with Gasteiger partial charge in [-0.15, -0.1) is 0 Å². The highest BCUT2D eigenvalue weighted by molar-refractivity contribution is 6.33. The van der Waals surface area contributed by atoms with Crippen LogP contribution in [-0.2, 0) is 0 Å². The van der Waals surface area contributed by atoms with Gasteiger partial charge in [0.25, 0.3) is 5.91 Å². The van der Waals surface area contributed by atoms with Gasteiger partial charge >= 0.3 is 0 Å². The fourth-order valence-corrected chi connectivity index (χ4v) is 3.09. The van der Waals surface area contributed by atoms with Crippen molar-refractivity contribution >= 4 is 34.8 Å². The lowest BCUT2D eigenvalue weighted by Crippen LogP contribution is -2.18. The molecule has 1 aromatic heterocycles. The van der Waals surface area contributed by atoms with E-state index in [1.54, 1.807) is 53.5 Å². The number of amides is 1. The Morgan fingerprint density at radius 2 is 2.00 bits per heavy atom. The van der Waals surface area contributed by atoms with Crippen molar-refractivity contribution in [1.29, 1.82) is 0 Å². The third-order valence-electron chi connectivity index (χ3n) is 3.82. The summed E-state index contributed by atoms with van der Waals surface area (Å²) in [4.78, 5) is 12.7. The zero-order valence-corrected chi connectivity index (χ0v) is 14.9. The minimum Gasteiger partial charge on any atom is -0.486 e. The van der Waals surface area contributed by atoms with E-state index in [0.717, 1.165) is 0 Å². The molecule has 2 aromatic carbocycles. The van der Waals surface area contributed by atoms with Crippen LogP contribution in [0, 0.1) is 0 Å². The number of benzene rings is 2. The summed E-state index contributed by atoms with van der Waals surface area (Å²) in [5.74, 6) is 0.557. The summed E-state index contributed by atoms with van der Waals surface area (Å²) in [5.41, 5.74) is 1.57. The average Bonchev–Trinajstić information content (AvgIpc) is 3.16. The highest BCUT2D eigenvalue weighted by Gasteiger charge is 2.20. The van der Waals surface area contributed by atoms with Gasteiger partial charge in [-0.3, -0.25) is 4.79 Å². The molecule has 0 saturated carbocycles. The molecule has 0 unspecified atom stereocenters. The average molecular weight is 390 g/mol. The van der Waals surface area contributed by atoms with Crippen LogP contribution in [0.15, 0.2) is 48.8 Å². The lowest BCUT2D eigenvalue weighted by molar-refractivity contribution is 0.102. The zero-order valence-electron chi connectivity index (χ0n) is 13.4. The number of hydrogen-bond donors (Lipinski definition) is 1. The van der Waals surface area contributed by atoms with Gasteiger partial charge in [0.05, 0.1) is 16.4 Å². The standard InChI is InChI=1S/C18H13Cl2N3O3/c19-12-2-3-15(23-5-1-4-21-23)14(10-12)22-18(24)11-8-13(20)17-16(9-11)25-6-7-26-17/h1-5,8-10H,6-7H2,(H,22,24). The first-order chi connectivity index (χ1) is 12.6. The summed E-state index contributed by atoms with van der Waals surface area (Å²) in [6.45, 7) is 0.833. The number of ether oxygens (including phenoxy) is 2. The van der Waals surface area contributed by atoms with Gasteiger partial charge in [-0.2, -0.15) is 5.10 Å². The molecule has 132 valence electrons. The molecule has 4 rings (SSSR count). The normalized spacial score (nSPS) is 12.7. The van der Waals surface area contributed by atoms with E-state index >= 15 is 0 Å². The Bertz CT molecular complexity index is 974. The first kappa shape index (κ1) is 16.8. The minimum absolute atomic E-state index is 0.325. The van der Waals surface area contributed by atoms with Crippen LogP contribution in [0.25, 0.3) is 5.69 Å². The van der Waals surface area contributed by atoms with Crippen molar-refractivity contribution in [1.82, 2.24) is 9.78 Å². The number of aromatic nitrogens is 2. The number of halogens is 2. The number of fused-ring (bicyclic) bond motifs is 1. The molecule has 2 heterocycles. The summed E-state index contributed by atoms with van der Waals surface area (Å²) in [6, 6.07) is 10.1. The topological polar surface area (TPSA) is 65.4 Å². The molecule has 1 amide bonds. The molecule has 0 bridgehead atoms. The van der Waals surface area contributed by atoms with Crippen LogP contribution in [0.2, 0.25) is 10.0 Å². The third-order valence-corrected chi connectivity index (χ3v) is 4.33. The summed E-state index contributed by atoms with van der Waals surface area (Å²) < 4.78 is 12.6. The maximum atomic E-state index is 12.7. The van der Waals surface area contributed by atoms with Gasteiger partial charge < -0.3 is 14.8 Å². The van der Waals surface area contributed by atoms with Gasteiger partial charge in [0.2, 0.25) is 0 Å². The molecular formula is C18H13Cl2N3O3. The number of carbonyl (C=O) groups excluding carboxylic acids is 1. The minimum atomic E-state index is -0.348. The highest BCUT2D eigenvalue weighted by Crippen LogP contribution is 2.38. The number of nitrogens with one attached hydrogen (secondary N) is 1. The van der Waals surface area contributed by atoms with E-state index in [2.05, 4.69) is 10.4 Å². The number of hydrogen-bond acceptors (Lipinski definition) is 4. The second-order valence-electron chi connectivity index (χ2n) is 5.55. The first-order valence-electron chi connectivity index (χ1n) is 7.82. The molecule has 0 saturated heterocycles. The Kier molecular flexibility index (Phi) is 4.44. The summed E-state index contributed by atoms with van der Waals surface area (Å²) in [7, 11) is 0. The first-order valence-corrected chi connectivity index (χ1v) is 8.57. The van der Waals surface area contributed by atoms with E-state index < -0.39 is 0 Å². The Labute approximate surface area is 159 Å². The second kappa shape index (κ2) is 6.90. The molecule has 8 heteroatoms. The zero-order chi connectivity index (χ0) is 18.1. The van der Waals surface area contributed by atoms with E-state index in [9.17, 15) is 4.79 Å². The van der Waals surface area contributed by atoms with Crippen LogP contribution in [0.5, 0.6) is 11.5 Å². The Hall–Kier alpha value is -2.70. The maximum Gasteiger partial charge on any atom is 0.255 e. The SMILES string of the molecule is O=C(Nc1cc(Cl)ccc1-n1cccn1)c1cc(Cl)c2c(c1)OCCO2. The van der Waals surface area contributed by atoms with Crippen LogP contribution in [-0.4, -0.2) is 28.9 Å². The van der Waals surface area contributed by atoms with Crippen molar-refractivity contribution in [2.75, 3.05) is 18.5 Å². The molecule has 0 aliphatic carbocycles. The largest absolute Gasteiger partial charge is 0.486 e. The van der Waals surface area contributed by atoms with Crippen molar-refractivity contribution in [2.24, 2.45) is 0 Å². The molecule has 0 spiro atoms. The second-order valence-corrected chi connectivity index (χ2v) is 6.39. The maximum absolute atomic E-state index is 12.7. The number of anilines is 1. The monoisotopic (exact) mass is 389 g/mol. The number of carbonyl (C=O) groups is 1. The van der Waals surface area contributed by atoms with Gasteiger partial charge in [-0.05, 0) is 36.4 Å². The van der Waals surface area contributed by atoms with Crippen molar-refractivity contribution < 1.29 is 14.3 Å². The quantitative estimate of drug-likeness (QED) is 0.728. The van der Waals surface area contributed by atoms with Gasteiger partial charge in [-0.1, -0.05) is 23.2 Å². The number of nitrogens with zero attached hydrogens (tertiary/aromatic N) is 2. The lowest BCUT2D eigenvalue weighted by Gasteiger charge is -2.20. The molecule has 0 radical (unpaired) electrons. The van der Waals surface area contributed by atoms with Crippen LogP contribution in [0.4, 0.5) is 5.69 Å². The van der Waals surface area contributed by atoms with Crippen molar-refractivity contribution in [3.63, 3.8) is 0 Å². The van der Waals surface area contributed by atoms with Crippen LogP contribution in [0.1, 0.15) is 10.4 Å². The Balaban J connectivity index is 1.67. The summed E-state index contributed by atoms with van der Waals surface area (Å²) in [6.07, 6.45) is 3.43. The van der Waals surface area contributed by atoms with Gasteiger partial charge in [0, 0.05) is 23.0 Å². The fourth-order valence-electron chi connectivity index (χ4n) is 2.66. The summed E-state index contributed by atoms with van der Waals surface area (Å²) >= 11 is 12.3. The molecule has 1 aliphatic heterocycles. The molecule has 1 aliphatic rings. The molecule has 6 nitrogen and oxygen atoms in total. The fraction of sp³-hybridized carbons (Fsp3) is 0.111. The van der Waals surface area contributed by atoms with E-state index in [1.165, 1.54) is 0 Å². The molecule has 26 heavy (non-hydrogen) atoms. The highest BCUT2D eigenvalue weighted by atomic mass is 35.5. The van der Waals surface area contributed by atoms with Gasteiger partial charge in [0.15, 0.2) is 11.5 Å². The molecule has 0 atom stereocenters. The molecular weight excluding hydrogens is 377 g/mol. The van der Waals surface area contributed by atoms with Crippen molar-refractivity contribution in [2.45, 2.75) is 0 Å². The number of rotatable bonds is 3.